The number of hydrogen-bond donors (Lipinski definition) is 2. The van der Waals surface area contributed by atoms with Crippen LogP contribution in [0.5, 0.6) is 0 Å². The molecule has 0 aromatic rings. The van der Waals surface area contributed by atoms with Gasteiger partial charge in [0.15, 0.2) is 0 Å². The summed E-state index contributed by atoms with van der Waals surface area (Å²) in [5.41, 5.74) is -1.30. The molecule has 114 valence electrons. The predicted octanol–water partition coefficient (Wildman–Crippen LogP) is -0.220. The number of sulfonamides is 1. The van der Waals surface area contributed by atoms with Gasteiger partial charge in [0, 0.05) is 6.54 Å². The highest BCUT2D eigenvalue weighted by Crippen LogP contribution is 2.40. The number of aliphatic carboxylic acids is 1. The second-order valence-electron chi connectivity index (χ2n) is 5.80. The summed E-state index contributed by atoms with van der Waals surface area (Å²) in [4.78, 5) is 23.7. The molecule has 2 atom stereocenters. The third kappa shape index (κ3) is 2.80. The minimum atomic E-state index is -3.45. The first-order valence-electron chi connectivity index (χ1n) is 6.68. The van der Waals surface area contributed by atoms with Crippen molar-refractivity contribution in [2.75, 3.05) is 12.8 Å². The molecule has 1 heterocycles. The average Bonchev–Trinajstić information content (AvgIpc) is 3.04. The molecule has 20 heavy (non-hydrogen) atoms. The summed E-state index contributed by atoms with van der Waals surface area (Å²) in [5, 5.41) is 11.9. The zero-order valence-electron chi connectivity index (χ0n) is 11.6. The fourth-order valence-electron chi connectivity index (χ4n) is 2.73. The van der Waals surface area contributed by atoms with Crippen LogP contribution in [-0.2, 0) is 19.6 Å². The van der Waals surface area contributed by atoms with Crippen molar-refractivity contribution in [3.8, 4) is 0 Å². The Bertz CT molecular complexity index is 528. The fraction of sp³-hybridized carbons (Fsp3) is 0.833. The number of nitrogens with zero attached hydrogens (tertiary/aromatic N) is 1. The summed E-state index contributed by atoms with van der Waals surface area (Å²) in [6.45, 7) is 1.80. The maximum atomic E-state index is 12.3. The maximum Gasteiger partial charge on any atom is 0.329 e. The Morgan fingerprint density at radius 3 is 2.35 bits per heavy atom. The molecule has 1 amide bonds. The molecule has 1 saturated heterocycles. The van der Waals surface area contributed by atoms with Crippen molar-refractivity contribution in [1.82, 2.24) is 9.62 Å². The third-order valence-corrected chi connectivity index (χ3v) is 5.44. The van der Waals surface area contributed by atoms with Crippen LogP contribution in [0.25, 0.3) is 0 Å². The molecule has 1 aliphatic carbocycles. The third-order valence-electron chi connectivity index (χ3n) is 4.15. The van der Waals surface area contributed by atoms with Gasteiger partial charge in [-0.2, -0.15) is 4.31 Å². The Morgan fingerprint density at radius 2 is 1.90 bits per heavy atom. The number of carboxylic acids is 1. The first kappa shape index (κ1) is 15.2. The molecule has 2 N–H and O–H groups in total. The number of carboxylic acid groups (broad SMARTS) is 1. The second-order valence-corrected chi connectivity index (χ2v) is 7.74. The quantitative estimate of drug-likeness (QED) is 0.731. The highest BCUT2D eigenvalue weighted by atomic mass is 32.2. The van der Waals surface area contributed by atoms with Gasteiger partial charge in [0.1, 0.15) is 11.6 Å². The Balaban J connectivity index is 2.13. The van der Waals surface area contributed by atoms with Crippen molar-refractivity contribution in [2.24, 2.45) is 5.92 Å². The van der Waals surface area contributed by atoms with Gasteiger partial charge < -0.3 is 10.4 Å². The summed E-state index contributed by atoms with van der Waals surface area (Å²) in [6, 6.07) is -0.789. The van der Waals surface area contributed by atoms with Crippen LogP contribution < -0.4 is 5.32 Å². The van der Waals surface area contributed by atoms with Crippen molar-refractivity contribution in [2.45, 2.75) is 44.2 Å². The van der Waals surface area contributed by atoms with Crippen LogP contribution >= 0.6 is 0 Å². The summed E-state index contributed by atoms with van der Waals surface area (Å²) in [6.07, 6.45) is 3.64. The Morgan fingerprint density at radius 1 is 1.30 bits per heavy atom. The van der Waals surface area contributed by atoms with Crippen LogP contribution in [0, 0.1) is 5.92 Å². The van der Waals surface area contributed by atoms with Gasteiger partial charge >= 0.3 is 5.97 Å². The summed E-state index contributed by atoms with van der Waals surface area (Å²) in [7, 11) is -3.45. The van der Waals surface area contributed by atoms with E-state index in [1.807, 2.05) is 0 Å². The van der Waals surface area contributed by atoms with Gasteiger partial charge in [-0.05, 0) is 38.5 Å². The van der Waals surface area contributed by atoms with Crippen LogP contribution in [0.1, 0.15) is 32.6 Å². The monoisotopic (exact) mass is 304 g/mol. The topological polar surface area (TPSA) is 104 Å². The van der Waals surface area contributed by atoms with Crippen molar-refractivity contribution in [3.63, 3.8) is 0 Å². The molecule has 0 bridgehead atoms. The van der Waals surface area contributed by atoms with Crippen molar-refractivity contribution in [3.05, 3.63) is 0 Å². The van der Waals surface area contributed by atoms with E-state index in [1.54, 1.807) is 0 Å². The van der Waals surface area contributed by atoms with Gasteiger partial charge in [0.25, 0.3) is 0 Å². The van der Waals surface area contributed by atoms with E-state index in [-0.39, 0.29) is 5.92 Å². The summed E-state index contributed by atoms with van der Waals surface area (Å²) >= 11 is 0. The molecule has 8 heteroatoms. The number of nitrogens with one attached hydrogen (secondary N) is 1. The van der Waals surface area contributed by atoms with Gasteiger partial charge in [-0.25, -0.2) is 13.2 Å². The molecule has 1 aliphatic heterocycles. The highest BCUT2D eigenvalue weighted by Gasteiger charge is 2.50. The second kappa shape index (κ2) is 5.00. The standard InChI is InChI=1S/C12H20N2O5S/c1-12(11(16)17,8-5-6-8)13-10(15)9-4-3-7-14(9)20(2,18)19/h8-9H,3-7H2,1-2H3,(H,13,15)(H,16,17). The molecule has 2 fully saturated rings. The fourth-order valence-corrected chi connectivity index (χ4v) is 3.85. The van der Waals surface area contributed by atoms with Gasteiger partial charge in [0.05, 0.1) is 6.26 Å². The van der Waals surface area contributed by atoms with Crippen LogP contribution in [0.15, 0.2) is 0 Å². The average molecular weight is 304 g/mol. The van der Waals surface area contributed by atoms with Crippen molar-refractivity contribution in [1.29, 1.82) is 0 Å². The Kier molecular flexibility index (Phi) is 3.81. The molecule has 2 aliphatic rings. The lowest BCUT2D eigenvalue weighted by atomic mass is 9.95. The van der Waals surface area contributed by atoms with Crippen molar-refractivity contribution >= 4 is 21.9 Å². The van der Waals surface area contributed by atoms with E-state index in [0.29, 0.717) is 19.4 Å². The first-order valence-corrected chi connectivity index (χ1v) is 8.53. The van der Waals surface area contributed by atoms with Crippen LogP contribution in [0.4, 0.5) is 0 Å². The van der Waals surface area contributed by atoms with Gasteiger partial charge in [-0.3, -0.25) is 4.79 Å². The van der Waals surface area contributed by atoms with Gasteiger partial charge in [0.2, 0.25) is 15.9 Å². The maximum absolute atomic E-state index is 12.3. The zero-order valence-corrected chi connectivity index (χ0v) is 12.4. The molecule has 0 radical (unpaired) electrons. The molecule has 0 aromatic heterocycles. The van der Waals surface area contributed by atoms with E-state index in [1.165, 1.54) is 6.92 Å². The van der Waals surface area contributed by atoms with E-state index in [0.717, 1.165) is 23.4 Å². The Hall–Kier alpha value is -1.15. The highest BCUT2D eigenvalue weighted by molar-refractivity contribution is 7.88. The number of carbonyl (C=O) groups excluding carboxylic acids is 1. The van der Waals surface area contributed by atoms with E-state index >= 15 is 0 Å². The van der Waals surface area contributed by atoms with Crippen LogP contribution in [-0.4, -0.2) is 54.1 Å². The predicted molar refractivity (Wildman–Crippen MR) is 71.5 cm³/mol. The van der Waals surface area contributed by atoms with Crippen LogP contribution in [0.2, 0.25) is 0 Å². The summed E-state index contributed by atoms with van der Waals surface area (Å²) in [5.74, 6) is -1.65. The molecule has 7 nitrogen and oxygen atoms in total. The van der Waals surface area contributed by atoms with E-state index in [2.05, 4.69) is 5.32 Å². The van der Waals surface area contributed by atoms with Gasteiger partial charge in [-0.15, -0.1) is 0 Å². The SMILES string of the molecule is CC(NC(=O)C1CCCN1S(C)(=O)=O)(C(=O)O)C1CC1. The molecular weight excluding hydrogens is 284 g/mol. The number of rotatable bonds is 5. The normalized spacial score (nSPS) is 27.0. The van der Waals surface area contributed by atoms with Gasteiger partial charge in [-0.1, -0.05) is 0 Å². The molecular formula is C12H20N2O5S. The van der Waals surface area contributed by atoms with Crippen LogP contribution in [0.3, 0.4) is 0 Å². The lowest BCUT2D eigenvalue weighted by Crippen LogP contribution is -2.58. The summed E-state index contributed by atoms with van der Waals surface area (Å²) < 4.78 is 24.4. The van der Waals surface area contributed by atoms with E-state index in [9.17, 15) is 23.1 Å². The lowest BCUT2D eigenvalue weighted by Gasteiger charge is -2.29. The first-order chi connectivity index (χ1) is 9.16. The Labute approximate surface area is 118 Å². The minimum Gasteiger partial charge on any atom is -0.480 e. The minimum absolute atomic E-state index is 0.0722. The van der Waals surface area contributed by atoms with E-state index < -0.39 is 33.5 Å². The number of hydrogen-bond acceptors (Lipinski definition) is 4. The van der Waals surface area contributed by atoms with E-state index in [4.69, 9.17) is 0 Å². The molecule has 0 aromatic carbocycles. The smallest absolute Gasteiger partial charge is 0.329 e. The largest absolute Gasteiger partial charge is 0.480 e. The lowest BCUT2D eigenvalue weighted by molar-refractivity contribution is -0.148. The number of carbonyl (C=O) groups is 2. The number of amides is 1. The molecule has 1 saturated carbocycles. The zero-order chi connectivity index (χ0) is 15.1. The molecule has 2 unspecified atom stereocenters. The van der Waals surface area contributed by atoms with Crippen molar-refractivity contribution < 1.29 is 23.1 Å². The molecule has 2 rings (SSSR count). The molecule has 0 spiro atoms.